The largest absolute Gasteiger partial charge is 0.481 e. The zero-order chi connectivity index (χ0) is 14.8. The first kappa shape index (κ1) is 16.6. The highest BCUT2D eigenvalue weighted by Crippen LogP contribution is 2.16. The van der Waals surface area contributed by atoms with E-state index in [4.69, 9.17) is 5.11 Å². The number of nitrogens with one attached hydrogen (secondary N) is 1. The monoisotopic (exact) mass is 295 g/mol. The molecule has 1 aromatic carbocycles. The van der Waals surface area contributed by atoms with Gasteiger partial charge in [0.05, 0.1) is 5.75 Å². The van der Waals surface area contributed by atoms with E-state index in [1.807, 2.05) is 37.3 Å². The lowest BCUT2D eigenvalue weighted by molar-refractivity contribution is -0.137. The molecular weight excluding hydrogens is 274 g/mol. The van der Waals surface area contributed by atoms with Crippen LogP contribution in [0.5, 0.6) is 0 Å². The molecule has 1 rings (SSSR count). The van der Waals surface area contributed by atoms with Gasteiger partial charge in [0.2, 0.25) is 5.91 Å². The number of benzene rings is 1. The van der Waals surface area contributed by atoms with E-state index in [1.54, 1.807) is 0 Å². The Morgan fingerprint density at radius 1 is 1.25 bits per heavy atom. The Morgan fingerprint density at radius 3 is 2.60 bits per heavy atom. The van der Waals surface area contributed by atoms with E-state index >= 15 is 0 Å². The maximum atomic E-state index is 11.6. The van der Waals surface area contributed by atoms with E-state index in [9.17, 15) is 9.59 Å². The minimum atomic E-state index is -0.764. The molecule has 0 saturated heterocycles. The zero-order valence-corrected chi connectivity index (χ0v) is 12.5. The van der Waals surface area contributed by atoms with Crippen LogP contribution >= 0.6 is 11.8 Å². The van der Waals surface area contributed by atoms with Gasteiger partial charge in [-0.1, -0.05) is 25.1 Å². The third-order valence-electron chi connectivity index (χ3n) is 2.92. The van der Waals surface area contributed by atoms with Crippen molar-refractivity contribution in [1.29, 1.82) is 0 Å². The van der Waals surface area contributed by atoms with Crippen molar-refractivity contribution in [2.24, 2.45) is 5.92 Å². The second-order valence-corrected chi connectivity index (χ2v) is 5.83. The van der Waals surface area contributed by atoms with Gasteiger partial charge in [-0.15, -0.1) is 11.8 Å². The zero-order valence-electron chi connectivity index (χ0n) is 11.7. The van der Waals surface area contributed by atoms with Crippen molar-refractivity contribution in [3.63, 3.8) is 0 Å². The van der Waals surface area contributed by atoms with Crippen molar-refractivity contribution in [2.45, 2.75) is 31.1 Å². The van der Waals surface area contributed by atoms with Crippen LogP contribution in [0.2, 0.25) is 0 Å². The molecule has 1 unspecified atom stereocenters. The average molecular weight is 295 g/mol. The minimum absolute atomic E-state index is 0.0179. The van der Waals surface area contributed by atoms with Crippen LogP contribution in [0.25, 0.3) is 0 Å². The Kier molecular flexibility index (Phi) is 7.80. The molecule has 4 nitrogen and oxygen atoms in total. The SMILES string of the molecule is CC(CCNC(=O)CSc1ccccc1)CCC(=O)O. The van der Waals surface area contributed by atoms with Gasteiger partial charge < -0.3 is 10.4 Å². The summed E-state index contributed by atoms with van der Waals surface area (Å²) < 4.78 is 0. The topological polar surface area (TPSA) is 66.4 Å². The van der Waals surface area contributed by atoms with E-state index in [0.29, 0.717) is 24.6 Å². The van der Waals surface area contributed by atoms with E-state index in [1.165, 1.54) is 11.8 Å². The fourth-order valence-electron chi connectivity index (χ4n) is 1.69. The van der Waals surface area contributed by atoms with Crippen molar-refractivity contribution in [3.05, 3.63) is 30.3 Å². The maximum absolute atomic E-state index is 11.6. The number of carbonyl (C=O) groups excluding carboxylic acids is 1. The smallest absolute Gasteiger partial charge is 0.303 e. The van der Waals surface area contributed by atoms with Crippen molar-refractivity contribution in [3.8, 4) is 0 Å². The molecule has 20 heavy (non-hydrogen) atoms. The molecule has 2 N–H and O–H groups in total. The Morgan fingerprint density at radius 2 is 1.95 bits per heavy atom. The Balaban J connectivity index is 2.09. The van der Waals surface area contributed by atoms with Gasteiger partial charge in [-0.3, -0.25) is 9.59 Å². The molecule has 5 heteroatoms. The molecule has 0 heterocycles. The number of rotatable bonds is 9. The van der Waals surface area contributed by atoms with Crippen LogP contribution in [0.4, 0.5) is 0 Å². The first-order valence-electron chi connectivity index (χ1n) is 6.74. The first-order chi connectivity index (χ1) is 9.58. The molecule has 1 amide bonds. The summed E-state index contributed by atoms with van der Waals surface area (Å²) in [7, 11) is 0. The minimum Gasteiger partial charge on any atom is -0.481 e. The van der Waals surface area contributed by atoms with Gasteiger partial charge in [-0.2, -0.15) is 0 Å². The molecule has 0 aliphatic rings. The Hall–Kier alpha value is -1.49. The lowest BCUT2D eigenvalue weighted by Gasteiger charge is -2.10. The highest BCUT2D eigenvalue weighted by Gasteiger charge is 2.07. The third-order valence-corrected chi connectivity index (χ3v) is 3.94. The number of thioether (sulfide) groups is 1. The average Bonchev–Trinajstić information content (AvgIpc) is 2.44. The molecule has 1 atom stereocenters. The van der Waals surface area contributed by atoms with Gasteiger partial charge in [0, 0.05) is 17.9 Å². The summed E-state index contributed by atoms with van der Waals surface area (Å²) in [5, 5.41) is 11.4. The molecule has 0 radical (unpaired) electrons. The number of carbonyl (C=O) groups is 2. The highest BCUT2D eigenvalue weighted by atomic mass is 32.2. The van der Waals surface area contributed by atoms with E-state index < -0.39 is 5.97 Å². The van der Waals surface area contributed by atoms with Gasteiger partial charge in [0.1, 0.15) is 0 Å². The van der Waals surface area contributed by atoms with Gasteiger partial charge >= 0.3 is 5.97 Å². The van der Waals surface area contributed by atoms with Crippen LogP contribution in [0.1, 0.15) is 26.2 Å². The second kappa shape index (κ2) is 9.42. The predicted octanol–water partition coefficient (Wildman–Crippen LogP) is 2.79. The molecule has 1 aromatic rings. The van der Waals surface area contributed by atoms with Crippen LogP contribution in [0, 0.1) is 5.92 Å². The van der Waals surface area contributed by atoms with Crippen LogP contribution in [0.3, 0.4) is 0 Å². The molecule has 0 fully saturated rings. The van der Waals surface area contributed by atoms with Crippen LogP contribution in [-0.4, -0.2) is 29.3 Å². The van der Waals surface area contributed by atoms with E-state index in [-0.39, 0.29) is 12.3 Å². The number of carboxylic acids is 1. The lowest BCUT2D eigenvalue weighted by atomic mass is 10.0. The summed E-state index contributed by atoms with van der Waals surface area (Å²) in [6.45, 7) is 2.61. The van der Waals surface area contributed by atoms with E-state index in [0.717, 1.165) is 11.3 Å². The van der Waals surface area contributed by atoms with Crippen molar-refractivity contribution in [2.75, 3.05) is 12.3 Å². The number of carboxylic acid groups (broad SMARTS) is 1. The Bertz CT molecular complexity index is 422. The molecule has 0 aliphatic heterocycles. The highest BCUT2D eigenvalue weighted by molar-refractivity contribution is 8.00. The molecule has 110 valence electrons. The van der Waals surface area contributed by atoms with Gasteiger partial charge in [-0.05, 0) is 30.9 Å². The normalized spacial score (nSPS) is 11.8. The second-order valence-electron chi connectivity index (χ2n) is 4.78. The number of hydrogen-bond acceptors (Lipinski definition) is 3. The fraction of sp³-hybridized carbons (Fsp3) is 0.467. The van der Waals surface area contributed by atoms with Crippen LogP contribution in [-0.2, 0) is 9.59 Å². The van der Waals surface area contributed by atoms with Crippen LogP contribution in [0.15, 0.2) is 35.2 Å². The number of amides is 1. The first-order valence-corrected chi connectivity index (χ1v) is 7.73. The summed E-state index contributed by atoms with van der Waals surface area (Å²) in [5.74, 6) is -0.0225. The van der Waals surface area contributed by atoms with Crippen molar-refractivity contribution < 1.29 is 14.7 Å². The molecule has 0 aromatic heterocycles. The number of aliphatic carboxylic acids is 1. The standard InChI is InChI=1S/C15H21NO3S/c1-12(7-8-15(18)19)9-10-16-14(17)11-20-13-5-3-2-4-6-13/h2-6,12H,7-11H2,1H3,(H,16,17)(H,18,19). The Labute approximate surface area is 124 Å². The number of hydrogen-bond donors (Lipinski definition) is 2. The van der Waals surface area contributed by atoms with E-state index in [2.05, 4.69) is 5.32 Å². The van der Waals surface area contributed by atoms with Gasteiger partial charge in [0.15, 0.2) is 0 Å². The molecule has 0 aliphatic carbocycles. The molecule has 0 bridgehead atoms. The van der Waals surface area contributed by atoms with Gasteiger partial charge in [0.25, 0.3) is 0 Å². The summed E-state index contributed by atoms with van der Waals surface area (Å²) in [6.07, 6.45) is 1.66. The fourth-order valence-corrected chi connectivity index (χ4v) is 2.44. The lowest BCUT2D eigenvalue weighted by Crippen LogP contribution is -2.27. The summed E-state index contributed by atoms with van der Waals surface area (Å²) in [5.41, 5.74) is 0. The molecule has 0 spiro atoms. The molecular formula is C15H21NO3S. The molecule has 0 saturated carbocycles. The maximum Gasteiger partial charge on any atom is 0.303 e. The van der Waals surface area contributed by atoms with Gasteiger partial charge in [-0.25, -0.2) is 0 Å². The van der Waals surface area contributed by atoms with Crippen molar-refractivity contribution in [1.82, 2.24) is 5.32 Å². The van der Waals surface area contributed by atoms with Crippen molar-refractivity contribution >= 4 is 23.6 Å². The summed E-state index contributed by atoms with van der Waals surface area (Å²) >= 11 is 1.51. The predicted molar refractivity (Wildman–Crippen MR) is 80.8 cm³/mol. The summed E-state index contributed by atoms with van der Waals surface area (Å²) in [4.78, 5) is 23.2. The quantitative estimate of drug-likeness (QED) is 0.688. The summed E-state index contributed by atoms with van der Waals surface area (Å²) in [6, 6.07) is 9.80. The van der Waals surface area contributed by atoms with Crippen LogP contribution < -0.4 is 5.32 Å². The third kappa shape index (κ3) is 7.84.